The summed E-state index contributed by atoms with van der Waals surface area (Å²) in [6.07, 6.45) is -10.2. The fourth-order valence-corrected chi connectivity index (χ4v) is 1.83. The largest absolute Gasteiger partial charge is 0.458 e. The molecule has 2 heterocycles. The molecule has 2 aromatic rings. The molecule has 0 bridgehead atoms. The fraction of sp³-hybridized carbons (Fsp3) is 0.286. The molecule has 0 unspecified atom stereocenters. The molecular formula is C14H8F6O4. The van der Waals surface area contributed by atoms with E-state index in [0.29, 0.717) is 0 Å². The number of ketones is 2. The number of hydrogen-bond acceptors (Lipinski definition) is 4. The van der Waals surface area contributed by atoms with Crippen molar-refractivity contribution in [2.24, 2.45) is 0 Å². The Morgan fingerprint density at radius 3 is 1.42 bits per heavy atom. The van der Waals surface area contributed by atoms with Crippen molar-refractivity contribution in [2.45, 2.75) is 25.2 Å². The molecule has 0 spiro atoms. The second kappa shape index (κ2) is 5.84. The Kier molecular flexibility index (Phi) is 4.34. The first-order chi connectivity index (χ1) is 10.9. The first-order valence-corrected chi connectivity index (χ1v) is 6.33. The van der Waals surface area contributed by atoms with Crippen LogP contribution in [0.2, 0.25) is 0 Å². The van der Waals surface area contributed by atoms with Crippen molar-refractivity contribution in [1.82, 2.24) is 0 Å². The Labute approximate surface area is 130 Å². The smallest absolute Gasteiger partial charge is 0.457 e. The third-order valence-electron chi connectivity index (χ3n) is 3.07. The molecule has 0 aliphatic carbocycles. The van der Waals surface area contributed by atoms with Crippen molar-refractivity contribution in [3.05, 3.63) is 47.3 Å². The molecule has 2 aromatic heterocycles. The Hall–Kier alpha value is -2.52. The summed E-state index contributed by atoms with van der Waals surface area (Å²) in [5, 5.41) is 0. The molecule has 0 atom stereocenters. The van der Waals surface area contributed by atoms with Crippen LogP contribution in [0.25, 0.3) is 0 Å². The van der Waals surface area contributed by atoms with Gasteiger partial charge in [0.15, 0.2) is 11.5 Å². The zero-order valence-electron chi connectivity index (χ0n) is 11.8. The summed E-state index contributed by atoms with van der Waals surface area (Å²) in [4.78, 5) is 22.1. The average Bonchev–Trinajstić information content (AvgIpc) is 3.12. The van der Waals surface area contributed by atoms with Crippen molar-refractivity contribution < 1.29 is 44.8 Å². The van der Waals surface area contributed by atoms with Gasteiger partial charge in [0.25, 0.3) is 0 Å². The molecule has 10 heteroatoms. The second-order valence-corrected chi connectivity index (χ2v) is 4.78. The van der Waals surface area contributed by atoms with E-state index in [0.717, 1.165) is 24.3 Å². The number of rotatable bonds is 4. The van der Waals surface area contributed by atoms with Gasteiger partial charge in [0.1, 0.15) is 11.5 Å². The minimum atomic E-state index is -5.12. The van der Waals surface area contributed by atoms with Gasteiger partial charge in [0.05, 0.1) is 5.92 Å². The van der Waals surface area contributed by atoms with Crippen molar-refractivity contribution in [3.8, 4) is 0 Å². The van der Waals surface area contributed by atoms with Gasteiger partial charge in [-0.1, -0.05) is 0 Å². The Bertz CT molecular complexity index is 701. The van der Waals surface area contributed by atoms with Gasteiger partial charge < -0.3 is 8.83 Å². The highest BCUT2D eigenvalue weighted by atomic mass is 19.4. The van der Waals surface area contributed by atoms with Gasteiger partial charge in [-0.05, 0) is 31.2 Å². The van der Waals surface area contributed by atoms with Gasteiger partial charge in [-0.2, -0.15) is 26.3 Å². The summed E-state index contributed by atoms with van der Waals surface area (Å²) in [6.45, 7) is 1.36. The van der Waals surface area contributed by atoms with E-state index >= 15 is 0 Å². The summed E-state index contributed by atoms with van der Waals surface area (Å²) in [5.41, 5.74) is 0. The second-order valence-electron chi connectivity index (χ2n) is 4.78. The summed E-state index contributed by atoms with van der Waals surface area (Å²) in [7, 11) is 0. The quantitative estimate of drug-likeness (QED) is 0.599. The first kappa shape index (κ1) is 17.8. The lowest BCUT2D eigenvalue weighted by atomic mass is 10.1. The number of halogens is 6. The Balaban J connectivity index is 2.23. The third kappa shape index (κ3) is 3.52. The van der Waals surface area contributed by atoms with Crippen LogP contribution in [0.4, 0.5) is 26.3 Å². The zero-order valence-corrected chi connectivity index (χ0v) is 11.8. The van der Waals surface area contributed by atoms with Crippen molar-refractivity contribution >= 4 is 11.6 Å². The number of furan rings is 2. The summed E-state index contributed by atoms with van der Waals surface area (Å²) >= 11 is 0. The molecule has 130 valence electrons. The predicted molar refractivity (Wildman–Crippen MR) is 65.7 cm³/mol. The van der Waals surface area contributed by atoms with Crippen LogP contribution in [-0.4, -0.2) is 23.9 Å². The molecule has 0 radical (unpaired) electrons. The zero-order chi connectivity index (χ0) is 18.3. The van der Waals surface area contributed by atoms with E-state index in [2.05, 4.69) is 0 Å². The third-order valence-corrected chi connectivity index (χ3v) is 3.07. The molecule has 0 aliphatic rings. The highest BCUT2D eigenvalue weighted by Crippen LogP contribution is 2.31. The molecule has 0 N–H and O–H groups in total. The van der Waals surface area contributed by atoms with Crippen LogP contribution in [0.1, 0.15) is 45.5 Å². The van der Waals surface area contributed by atoms with E-state index in [1.807, 2.05) is 0 Å². The van der Waals surface area contributed by atoms with E-state index in [-0.39, 0.29) is 11.5 Å². The van der Waals surface area contributed by atoms with Crippen LogP contribution < -0.4 is 0 Å². The molecule has 2 rings (SSSR count). The van der Waals surface area contributed by atoms with E-state index in [9.17, 15) is 35.9 Å². The Morgan fingerprint density at radius 1 is 0.792 bits per heavy atom. The van der Waals surface area contributed by atoms with Crippen LogP contribution in [0.15, 0.2) is 33.1 Å². The van der Waals surface area contributed by atoms with Gasteiger partial charge >= 0.3 is 23.9 Å². The number of Topliss-reactive ketones (excluding diaryl/α,β-unsaturated/α-hetero) is 2. The minimum Gasteiger partial charge on any atom is -0.457 e. The number of alkyl halides is 6. The van der Waals surface area contributed by atoms with Gasteiger partial charge in [0.2, 0.25) is 0 Å². The molecule has 0 fully saturated rings. The van der Waals surface area contributed by atoms with Crippen LogP contribution in [0.5, 0.6) is 0 Å². The monoisotopic (exact) mass is 354 g/mol. The maximum Gasteiger partial charge on any atom is 0.458 e. The highest BCUT2D eigenvalue weighted by molar-refractivity contribution is 5.98. The average molecular weight is 354 g/mol. The summed E-state index contributed by atoms with van der Waals surface area (Å²) < 4.78 is 83.4. The molecule has 0 saturated carbocycles. The Morgan fingerprint density at radius 2 is 1.12 bits per heavy atom. The van der Waals surface area contributed by atoms with E-state index in [1.54, 1.807) is 0 Å². The number of hydrogen-bond donors (Lipinski definition) is 0. The summed E-state index contributed by atoms with van der Waals surface area (Å²) in [5.74, 6) is -7.47. The highest BCUT2D eigenvalue weighted by Gasteiger charge is 2.42. The lowest BCUT2D eigenvalue weighted by molar-refractivity contribution is -0.0902. The molecular weight excluding hydrogens is 346 g/mol. The molecule has 0 saturated heterocycles. The lowest BCUT2D eigenvalue weighted by Crippen LogP contribution is -2.22. The fourth-order valence-electron chi connectivity index (χ4n) is 1.83. The molecule has 0 aromatic carbocycles. The van der Waals surface area contributed by atoms with Gasteiger partial charge in [-0.15, -0.1) is 0 Å². The van der Waals surface area contributed by atoms with Crippen LogP contribution in [0, 0.1) is 0 Å². The number of carbonyl (C=O) groups is 2. The molecule has 24 heavy (non-hydrogen) atoms. The minimum absolute atomic E-state index is 0.136. The summed E-state index contributed by atoms with van der Waals surface area (Å²) in [6, 6.07) is 3.73. The van der Waals surface area contributed by atoms with Crippen LogP contribution >= 0.6 is 0 Å². The van der Waals surface area contributed by atoms with E-state index in [1.165, 1.54) is 6.92 Å². The van der Waals surface area contributed by atoms with Gasteiger partial charge in [-0.25, -0.2) is 0 Å². The van der Waals surface area contributed by atoms with Crippen molar-refractivity contribution in [3.63, 3.8) is 0 Å². The molecule has 0 aliphatic heterocycles. The van der Waals surface area contributed by atoms with Gasteiger partial charge in [0, 0.05) is 0 Å². The SMILES string of the molecule is CC(c1ccc(C(=O)C(F)(F)F)o1)c1ccc(C(=O)C(F)(F)F)o1. The maximum absolute atomic E-state index is 12.3. The number of carbonyl (C=O) groups excluding carboxylic acids is 2. The molecule has 0 amide bonds. The topological polar surface area (TPSA) is 60.4 Å². The van der Waals surface area contributed by atoms with Crippen molar-refractivity contribution in [1.29, 1.82) is 0 Å². The normalized spacial score (nSPS) is 12.7. The maximum atomic E-state index is 12.3. The van der Waals surface area contributed by atoms with E-state index in [4.69, 9.17) is 8.83 Å². The predicted octanol–water partition coefficient (Wildman–Crippen LogP) is 4.51. The standard InChI is InChI=1S/C14H8F6O4/c1-6(7-2-4-9(23-7)11(21)13(15,16)17)8-3-5-10(24-8)12(22)14(18,19)20/h2-6H,1H3. The van der Waals surface area contributed by atoms with Gasteiger partial charge in [-0.3, -0.25) is 9.59 Å². The van der Waals surface area contributed by atoms with Crippen LogP contribution in [0.3, 0.4) is 0 Å². The van der Waals surface area contributed by atoms with E-state index < -0.39 is 41.4 Å². The van der Waals surface area contributed by atoms with Crippen molar-refractivity contribution in [2.75, 3.05) is 0 Å². The first-order valence-electron chi connectivity index (χ1n) is 6.33. The van der Waals surface area contributed by atoms with Crippen LogP contribution in [-0.2, 0) is 0 Å². The molecule has 4 nitrogen and oxygen atoms in total. The lowest BCUT2D eigenvalue weighted by Gasteiger charge is -2.06.